The third kappa shape index (κ3) is 5.74. The van der Waals surface area contributed by atoms with Gasteiger partial charge in [0.25, 0.3) is 0 Å². The molecule has 6 nitrogen and oxygen atoms in total. The number of anilines is 2. The van der Waals surface area contributed by atoms with Crippen molar-refractivity contribution in [2.75, 3.05) is 24.3 Å². The third-order valence-electron chi connectivity index (χ3n) is 4.17. The Kier molecular flexibility index (Phi) is 7.23. The highest BCUT2D eigenvalue weighted by molar-refractivity contribution is 5.90. The second-order valence-electron chi connectivity index (χ2n) is 6.30. The van der Waals surface area contributed by atoms with Crippen molar-refractivity contribution in [3.05, 3.63) is 54.1 Å². The van der Waals surface area contributed by atoms with Crippen LogP contribution in [-0.2, 0) is 16.1 Å². The number of carbonyl (C=O) groups is 2. The summed E-state index contributed by atoms with van der Waals surface area (Å²) < 4.78 is 5.37. The van der Waals surface area contributed by atoms with E-state index in [1.165, 1.54) is 6.92 Å². The summed E-state index contributed by atoms with van der Waals surface area (Å²) >= 11 is 0. The van der Waals surface area contributed by atoms with E-state index in [4.69, 9.17) is 4.74 Å². The third-order valence-corrected chi connectivity index (χ3v) is 4.17. The van der Waals surface area contributed by atoms with Crippen LogP contribution in [0.1, 0.15) is 26.3 Å². The Labute approximate surface area is 160 Å². The molecule has 2 aromatic rings. The molecule has 0 radical (unpaired) electrons. The minimum Gasteiger partial charge on any atom is -0.495 e. The van der Waals surface area contributed by atoms with E-state index in [0.29, 0.717) is 30.2 Å². The predicted octanol–water partition coefficient (Wildman–Crippen LogP) is 3.50. The van der Waals surface area contributed by atoms with Crippen LogP contribution in [0, 0.1) is 0 Å². The maximum atomic E-state index is 12.9. The molecule has 2 amide bonds. The fourth-order valence-electron chi connectivity index (χ4n) is 2.82. The van der Waals surface area contributed by atoms with Crippen molar-refractivity contribution in [3.8, 4) is 5.75 Å². The number of hydrogen-bond donors (Lipinski definition) is 2. The van der Waals surface area contributed by atoms with Gasteiger partial charge in [-0.15, -0.1) is 0 Å². The fourth-order valence-corrected chi connectivity index (χ4v) is 2.82. The van der Waals surface area contributed by atoms with Crippen LogP contribution in [0.2, 0.25) is 0 Å². The summed E-state index contributed by atoms with van der Waals surface area (Å²) in [6, 6.07) is 14.7. The zero-order valence-electron chi connectivity index (χ0n) is 16.3. The molecule has 0 aliphatic rings. The van der Waals surface area contributed by atoms with Crippen LogP contribution >= 0.6 is 0 Å². The normalized spacial score (nSPS) is 11.4. The molecule has 6 heteroatoms. The Morgan fingerprint density at radius 2 is 1.85 bits per heavy atom. The van der Waals surface area contributed by atoms with Gasteiger partial charge in [-0.05, 0) is 37.6 Å². The van der Waals surface area contributed by atoms with Crippen LogP contribution in [0.4, 0.5) is 11.4 Å². The van der Waals surface area contributed by atoms with Gasteiger partial charge in [0, 0.05) is 25.7 Å². The summed E-state index contributed by atoms with van der Waals surface area (Å²) in [6.07, 6.45) is 0. The molecule has 0 saturated carbocycles. The van der Waals surface area contributed by atoms with Gasteiger partial charge in [0.1, 0.15) is 11.8 Å². The lowest BCUT2D eigenvalue weighted by atomic mass is 10.2. The average molecular weight is 369 g/mol. The number of benzene rings is 2. The number of amides is 2. The van der Waals surface area contributed by atoms with Gasteiger partial charge in [0.2, 0.25) is 11.8 Å². The molecule has 0 bridgehead atoms. The summed E-state index contributed by atoms with van der Waals surface area (Å²) in [5.41, 5.74) is 2.38. The lowest BCUT2D eigenvalue weighted by molar-refractivity contribution is -0.132. The number of nitrogens with one attached hydrogen (secondary N) is 2. The van der Waals surface area contributed by atoms with E-state index in [-0.39, 0.29) is 11.8 Å². The maximum Gasteiger partial charge on any atom is 0.245 e. The number of methoxy groups -OCH3 is 1. The summed E-state index contributed by atoms with van der Waals surface area (Å²) in [5, 5.41) is 5.94. The molecule has 1 atom stereocenters. The second-order valence-corrected chi connectivity index (χ2v) is 6.30. The lowest BCUT2D eigenvalue weighted by Crippen LogP contribution is -2.41. The first-order valence-corrected chi connectivity index (χ1v) is 8.99. The largest absolute Gasteiger partial charge is 0.495 e. The van der Waals surface area contributed by atoms with Crippen LogP contribution in [0.25, 0.3) is 0 Å². The highest BCUT2D eigenvalue weighted by atomic mass is 16.5. The number of rotatable bonds is 8. The van der Waals surface area contributed by atoms with Crippen LogP contribution in [-0.4, -0.2) is 36.4 Å². The van der Waals surface area contributed by atoms with Gasteiger partial charge in [-0.3, -0.25) is 9.59 Å². The Hall–Kier alpha value is -3.02. The Morgan fingerprint density at radius 1 is 1.15 bits per heavy atom. The summed E-state index contributed by atoms with van der Waals surface area (Å²) in [6.45, 7) is 6.41. The van der Waals surface area contributed by atoms with Crippen molar-refractivity contribution in [1.82, 2.24) is 4.90 Å². The van der Waals surface area contributed by atoms with Crippen molar-refractivity contribution in [1.29, 1.82) is 0 Å². The standard InChI is InChI=1S/C21H27N3O3/c1-5-24(14-17-9-7-6-8-10-17)21(26)15(2)22-19-13-18(23-16(3)25)11-12-20(19)27-4/h6-13,15,22H,5,14H2,1-4H3,(H,23,25). The summed E-state index contributed by atoms with van der Waals surface area (Å²) in [5.74, 6) is 0.443. The zero-order chi connectivity index (χ0) is 19.8. The molecule has 0 heterocycles. The van der Waals surface area contributed by atoms with E-state index in [1.54, 1.807) is 30.2 Å². The zero-order valence-corrected chi connectivity index (χ0v) is 16.3. The first-order chi connectivity index (χ1) is 12.9. The van der Waals surface area contributed by atoms with E-state index in [1.807, 2.05) is 44.2 Å². The maximum absolute atomic E-state index is 12.9. The number of nitrogens with zero attached hydrogens (tertiary/aromatic N) is 1. The second kappa shape index (κ2) is 9.62. The molecule has 2 N–H and O–H groups in total. The van der Waals surface area contributed by atoms with Crippen LogP contribution in [0.15, 0.2) is 48.5 Å². The van der Waals surface area contributed by atoms with Gasteiger partial charge < -0.3 is 20.3 Å². The number of hydrogen-bond acceptors (Lipinski definition) is 4. The van der Waals surface area contributed by atoms with Crippen molar-refractivity contribution in [2.45, 2.75) is 33.4 Å². The molecule has 1 unspecified atom stereocenters. The van der Waals surface area contributed by atoms with E-state index < -0.39 is 6.04 Å². The molecule has 0 spiro atoms. The molecular weight excluding hydrogens is 342 g/mol. The van der Waals surface area contributed by atoms with Gasteiger partial charge in [0.15, 0.2) is 0 Å². The molecular formula is C21H27N3O3. The van der Waals surface area contributed by atoms with Gasteiger partial charge >= 0.3 is 0 Å². The number of carbonyl (C=O) groups excluding carboxylic acids is 2. The Morgan fingerprint density at radius 3 is 2.44 bits per heavy atom. The highest BCUT2D eigenvalue weighted by Gasteiger charge is 2.21. The van der Waals surface area contributed by atoms with Crippen LogP contribution in [0.3, 0.4) is 0 Å². The van der Waals surface area contributed by atoms with Gasteiger partial charge in [0.05, 0.1) is 12.8 Å². The average Bonchev–Trinajstić information content (AvgIpc) is 2.66. The minimum atomic E-state index is -0.449. The Bertz CT molecular complexity index is 777. The smallest absolute Gasteiger partial charge is 0.245 e. The van der Waals surface area contributed by atoms with Crippen molar-refractivity contribution in [3.63, 3.8) is 0 Å². The SMILES string of the molecule is CCN(Cc1ccccc1)C(=O)C(C)Nc1cc(NC(C)=O)ccc1OC. The topological polar surface area (TPSA) is 70.7 Å². The number of likely N-dealkylation sites (N-methyl/N-ethyl adjacent to an activating group) is 1. The van der Waals surface area contributed by atoms with Crippen molar-refractivity contribution >= 4 is 23.2 Å². The van der Waals surface area contributed by atoms with Gasteiger partial charge in [-0.25, -0.2) is 0 Å². The van der Waals surface area contributed by atoms with E-state index in [9.17, 15) is 9.59 Å². The van der Waals surface area contributed by atoms with Crippen LogP contribution < -0.4 is 15.4 Å². The van der Waals surface area contributed by atoms with E-state index >= 15 is 0 Å². The summed E-state index contributed by atoms with van der Waals surface area (Å²) in [7, 11) is 1.57. The molecule has 0 saturated heterocycles. The predicted molar refractivity (Wildman–Crippen MR) is 108 cm³/mol. The number of ether oxygens (including phenoxy) is 1. The Balaban J connectivity index is 2.13. The molecule has 144 valence electrons. The highest BCUT2D eigenvalue weighted by Crippen LogP contribution is 2.28. The van der Waals surface area contributed by atoms with Crippen molar-refractivity contribution in [2.24, 2.45) is 0 Å². The molecule has 0 aliphatic carbocycles. The van der Waals surface area contributed by atoms with Gasteiger partial charge in [-0.2, -0.15) is 0 Å². The summed E-state index contributed by atoms with van der Waals surface area (Å²) in [4.78, 5) is 26.0. The molecule has 0 aliphatic heterocycles. The first-order valence-electron chi connectivity index (χ1n) is 8.99. The lowest BCUT2D eigenvalue weighted by Gasteiger charge is -2.26. The quantitative estimate of drug-likeness (QED) is 0.747. The van der Waals surface area contributed by atoms with Crippen molar-refractivity contribution < 1.29 is 14.3 Å². The van der Waals surface area contributed by atoms with E-state index in [2.05, 4.69) is 10.6 Å². The molecule has 2 aromatic carbocycles. The molecule has 27 heavy (non-hydrogen) atoms. The molecule has 0 aromatic heterocycles. The first kappa shape index (κ1) is 20.3. The van der Waals surface area contributed by atoms with Gasteiger partial charge in [-0.1, -0.05) is 30.3 Å². The monoisotopic (exact) mass is 369 g/mol. The fraction of sp³-hybridized carbons (Fsp3) is 0.333. The molecule has 2 rings (SSSR count). The van der Waals surface area contributed by atoms with E-state index in [0.717, 1.165) is 5.56 Å². The van der Waals surface area contributed by atoms with Crippen LogP contribution in [0.5, 0.6) is 5.75 Å². The molecule has 0 fully saturated rings. The minimum absolute atomic E-state index is 0.00617.